The predicted octanol–water partition coefficient (Wildman–Crippen LogP) is 3.50. The van der Waals surface area contributed by atoms with E-state index in [1.54, 1.807) is 4.90 Å². The number of imide groups is 1. The molecule has 0 unspecified atom stereocenters. The highest BCUT2D eigenvalue weighted by Crippen LogP contribution is 2.43. The first-order valence-corrected chi connectivity index (χ1v) is 11.8. The first-order valence-electron chi connectivity index (χ1n) is 11.8. The van der Waals surface area contributed by atoms with E-state index in [4.69, 9.17) is 0 Å². The first kappa shape index (κ1) is 21.2. The van der Waals surface area contributed by atoms with Gasteiger partial charge in [-0.3, -0.25) is 14.5 Å². The van der Waals surface area contributed by atoms with Crippen molar-refractivity contribution in [3.63, 3.8) is 0 Å². The van der Waals surface area contributed by atoms with Gasteiger partial charge in [0, 0.05) is 32.4 Å². The standard InChI is InChI=1S/C26H32N4O2/c1-28(2)20-15-13-19(14-16-20)23-22-24(29(27-23)17-18-9-5-3-6-10-18)26(32)30(25(22)31)21-11-7-4-8-12-21/h3,5-6,9-10,13-16,21-24,27H,4,7-8,11-12,17H2,1-2H3/t22-,23-,24-/m0/s1. The fraction of sp³-hybridized carbons (Fsp3) is 0.462. The molecule has 0 bridgehead atoms. The minimum Gasteiger partial charge on any atom is -0.378 e. The Labute approximate surface area is 190 Å². The van der Waals surface area contributed by atoms with Crippen LogP contribution in [-0.4, -0.2) is 47.9 Å². The van der Waals surface area contributed by atoms with E-state index in [2.05, 4.69) is 46.7 Å². The first-order chi connectivity index (χ1) is 15.5. The molecular formula is C26H32N4O2. The molecule has 2 aliphatic heterocycles. The molecule has 0 spiro atoms. The van der Waals surface area contributed by atoms with Gasteiger partial charge in [-0.1, -0.05) is 61.7 Å². The van der Waals surface area contributed by atoms with Crippen LogP contribution in [0.1, 0.15) is 49.3 Å². The zero-order valence-electron chi connectivity index (χ0n) is 18.9. The molecule has 168 valence electrons. The highest BCUT2D eigenvalue weighted by atomic mass is 16.2. The number of anilines is 1. The van der Waals surface area contributed by atoms with Gasteiger partial charge >= 0.3 is 0 Å². The monoisotopic (exact) mass is 432 g/mol. The van der Waals surface area contributed by atoms with Crippen molar-refractivity contribution in [2.45, 2.75) is 56.8 Å². The Bertz CT molecular complexity index is 969. The van der Waals surface area contributed by atoms with Gasteiger partial charge in [0.25, 0.3) is 0 Å². The van der Waals surface area contributed by atoms with Crippen LogP contribution in [0.2, 0.25) is 0 Å². The third kappa shape index (κ3) is 3.71. The van der Waals surface area contributed by atoms with Gasteiger partial charge in [-0.15, -0.1) is 0 Å². The molecule has 6 nitrogen and oxygen atoms in total. The Morgan fingerprint density at radius 1 is 0.906 bits per heavy atom. The molecule has 1 saturated carbocycles. The van der Waals surface area contributed by atoms with Crippen molar-refractivity contribution in [1.29, 1.82) is 0 Å². The Balaban J connectivity index is 1.48. The number of carbonyl (C=O) groups excluding carboxylic acids is 2. The van der Waals surface area contributed by atoms with Gasteiger partial charge in [0.05, 0.1) is 12.0 Å². The molecule has 0 aromatic heterocycles. The molecule has 3 aliphatic rings. The average molecular weight is 433 g/mol. The van der Waals surface area contributed by atoms with Crippen molar-refractivity contribution in [1.82, 2.24) is 15.3 Å². The van der Waals surface area contributed by atoms with Gasteiger partial charge < -0.3 is 4.90 Å². The number of fused-ring (bicyclic) bond motifs is 1. The van der Waals surface area contributed by atoms with Crippen LogP contribution >= 0.6 is 0 Å². The van der Waals surface area contributed by atoms with Crippen molar-refractivity contribution < 1.29 is 9.59 Å². The molecule has 3 atom stereocenters. The Hall–Kier alpha value is -2.70. The summed E-state index contributed by atoms with van der Waals surface area (Å²) in [4.78, 5) is 31.0. The second-order valence-corrected chi connectivity index (χ2v) is 9.52. The van der Waals surface area contributed by atoms with Crippen LogP contribution in [0.25, 0.3) is 0 Å². The summed E-state index contributed by atoms with van der Waals surface area (Å²) in [5.41, 5.74) is 6.83. The highest BCUT2D eigenvalue weighted by Gasteiger charge is 2.59. The largest absolute Gasteiger partial charge is 0.378 e. The number of hydrazine groups is 1. The second-order valence-electron chi connectivity index (χ2n) is 9.52. The predicted molar refractivity (Wildman–Crippen MR) is 125 cm³/mol. The number of rotatable bonds is 5. The lowest BCUT2D eigenvalue weighted by Crippen LogP contribution is -2.48. The minimum atomic E-state index is -0.455. The molecule has 2 amide bonds. The number of likely N-dealkylation sites (tertiary alicyclic amines) is 1. The third-order valence-corrected chi connectivity index (χ3v) is 7.26. The number of carbonyl (C=O) groups is 2. The molecule has 5 rings (SSSR count). The zero-order chi connectivity index (χ0) is 22.2. The summed E-state index contributed by atoms with van der Waals surface area (Å²) in [6.45, 7) is 0.589. The fourth-order valence-corrected chi connectivity index (χ4v) is 5.58. The van der Waals surface area contributed by atoms with Crippen molar-refractivity contribution in [2.75, 3.05) is 19.0 Å². The van der Waals surface area contributed by atoms with Crippen molar-refractivity contribution in [2.24, 2.45) is 5.92 Å². The Morgan fingerprint density at radius 3 is 2.25 bits per heavy atom. The molecule has 2 saturated heterocycles. The summed E-state index contributed by atoms with van der Waals surface area (Å²) in [5.74, 6) is -0.419. The van der Waals surface area contributed by atoms with Crippen molar-refractivity contribution >= 4 is 17.5 Å². The molecule has 1 aliphatic carbocycles. The lowest BCUT2D eigenvalue weighted by molar-refractivity contribution is -0.145. The molecule has 3 fully saturated rings. The minimum absolute atomic E-state index is 0.00310. The van der Waals surface area contributed by atoms with Gasteiger partial charge in [0.15, 0.2) is 0 Å². The van der Waals surface area contributed by atoms with E-state index in [1.165, 1.54) is 6.42 Å². The van der Waals surface area contributed by atoms with E-state index in [1.807, 2.05) is 37.3 Å². The number of benzene rings is 2. The molecule has 0 radical (unpaired) electrons. The summed E-state index contributed by atoms with van der Waals surface area (Å²) in [7, 11) is 4.03. The topological polar surface area (TPSA) is 55.9 Å². The number of amides is 2. The molecular weight excluding hydrogens is 400 g/mol. The van der Waals surface area contributed by atoms with E-state index < -0.39 is 12.0 Å². The SMILES string of the molecule is CN(C)c1ccc([C@@H]2NN(Cc3ccccc3)[C@@H]3C(=O)N(C4CCCCC4)C(=O)[C@H]32)cc1. The maximum Gasteiger partial charge on any atom is 0.249 e. The molecule has 2 aromatic carbocycles. The van der Waals surface area contributed by atoms with Gasteiger partial charge in [0.2, 0.25) is 11.8 Å². The van der Waals surface area contributed by atoms with Crippen LogP contribution in [0.15, 0.2) is 54.6 Å². The normalized spacial score (nSPS) is 26.6. The van der Waals surface area contributed by atoms with Crippen LogP contribution < -0.4 is 10.3 Å². The third-order valence-electron chi connectivity index (χ3n) is 7.26. The molecule has 1 N–H and O–H groups in total. The average Bonchev–Trinajstić information content (AvgIpc) is 3.31. The second kappa shape index (κ2) is 8.68. The quantitative estimate of drug-likeness (QED) is 0.733. The maximum absolute atomic E-state index is 13.7. The number of hydrogen-bond donors (Lipinski definition) is 1. The van der Waals surface area contributed by atoms with Gasteiger partial charge in [-0.2, -0.15) is 0 Å². The number of hydrogen-bond acceptors (Lipinski definition) is 5. The van der Waals surface area contributed by atoms with Crippen LogP contribution in [0.4, 0.5) is 5.69 Å². The summed E-state index contributed by atoms with van der Waals surface area (Å²) in [6.07, 6.45) is 5.26. The Kier molecular flexibility index (Phi) is 5.74. The van der Waals surface area contributed by atoms with E-state index in [0.717, 1.165) is 42.5 Å². The van der Waals surface area contributed by atoms with Crippen LogP contribution in [-0.2, 0) is 16.1 Å². The lowest BCUT2D eigenvalue weighted by Gasteiger charge is -2.32. The van der Waals surface area contributed by atoms with Crippen LogP contribution in [0, 0.1) is 5.92 Å². The summed E-state index contributed by atoms with van der Waals surface area (Å²) in [6, 6.07) is 17.9. The highest BCUT2D eigenvalue weighted by molar-refractivity contribution is 6.08. The molecule has 2 heterocycles. The van der Waals surface area contributed by atoms with E-state index >= 15 is 0 Å². The molecule has 2 aromatic rings. The zero-order valence-corrected chi connectivity index (χ0v) is 18.9. The van der Waals surface area contributed by atoms with E-state index in [-0.39, 0.29) is 23.9 Å². The lowest BCUT2D eigenvalue weighted by atomic mass is 9.90. The summed E-state index contributed by atoms with van der Waals surface area (Å²) < 4.78 is 0. The van der Waals surface area contributed by atoms with E-state index in [0.29, 0.717) is 6.54 Å². The fourth-order valence-electron chi connectivity index (χ4n) is 5.58. The van der Waals surface area contributed by atoms with E-state index in [9.17, 15) is 9.59 Å². The maximum atomic E-state index is 13.7. The smallest absolute Gasteiger partial charge is 0.249 e. The van der Waals surface area contributed by atoms with Crippen molar-refractivity contribution in [3.05, 3.63) is 65.7 Å². The summed E-state index contributed by atoms with van der Waals surface area (Å²) in [5, 5.41) is 2.01. The molecule has 32 heavy (non-hydrogen) atoms. The van der Waals surface area contributed by atoms with Gasteiger partial charge in [0.1, 0.15) is 6.04 Å². The number of nitrogens with one attached hydrogen (secondary N) is 1. The van der Waals surface area contributed by atoms with Gasteiger partial charge in [-0.25, -0.2) is 10.4 Å². The Morgan fingerprint density at radius 2 is 1.59 bits per heavy atom. The van der Waals surface area contributed by atoms with Crippen molar-refractivity contribution in [3.8, 4) is 0 Å². The summed E-state index contributed by atoms with van der Waals surface area (Å²) >= 11 is 0. The van der Waals surface area contributed by atoms with Crippen LogP contribution in [0.5, 0.6) is 0 Å². The molecule has 6 heteroatoms. The van der Waals surface area contributed by atoms with Gasteiger partial charge in [-0.05, 0) is 36.1 Å². The number of nitrogens with zero attached hydrogens (tertiary/aromatic N) is 3. The van der Waals surface area contributed by atoms with Crippen LogP contribution in [0.3, 0.4) is 0 Å².